The van der Waals surface area contributed by atoms with Crippen molar-refractivity contribution in [3.63, 3.8) is 0 Å². The maximum absolute atomic E-state index is 12.2. The molecule has 0 amide bonds. The second kappa shape index (κ2) is 8.59. The van der Waals surface area contributed by atoms with Crippen LogP contribution in [0.25, 0.3) is 0 Å². The van der Waals surface area contributed by atoms with Crippen LogP contribution in [0.5, 0.6) is 5.75 Å². The van der Waals surface area contributed by atoms with E-state index in [2.05, 4.69) is 19.2 Å². The van der Waals surface area contributed by atoms with Gasteiger partial charge in [0.1, 0.15) is 11.8 Å². The number of hydrogen-bond donors (Lipinski definition) is 1. The van der Waals surface area contributed by atoms with Gasteiger partial charge in [0.2, 0.25) is 0 Å². The van der Waals surface area contributed by atoms with Gasteiger partial charge >= 0.3 is 5.97 Å². The molecule has 0 spiro atoms. The van der Waals surface area contributed by atoms with Gasteiger partial charge in [-0.1, -0.05) is 25.1 Å². The summed E-state index contributed by atoms with van der Waals surface area (Å²) in [7, 11) is 0. The molecule has 20 heavy (non-hydrogen) atoms. The molecule has 112 valence electrons. The molecule has 1 aromatic rings. The quantitative estimate of drug-likeness (QED) is 0.743. The van der Waals surface area contributed by atoms with Gasteiger partial charge in [0.25, 0.3) is 0 Å². The summed E-state index contributed by atoms with van der Waals surface area (Å²) in [6, 6.07) is 7.32. The Morgan fingerprint density at radius 3 is 2.50 bits per heavy atom. The van der Waals surface area contributed by atoms with Crippen molar-refractivity contribution in [1.82, 2.24) is 5.32 Å². The molecular weight excluding hydrogens is 254 g/mol. The summed E-state index contributed by atoms with van der Waals surface area (Å²) in [5, 5.41) is 3.31. The standard InChI is InChI=1S/C16H25NO3/c1-5-12(4)17-15(16(18)20-7-3)13-10-8-9-11-14(13)19-6-2/h8-12,15,17H,5-7H2,1-4H3. The number of esters is 1. The van der Waals surface area contributed by atoms with Gasteiger partial charge in [-0.15, -0.1) is 0 Å². The Morgan fingerprint density at radius 1 is 1.20 bits per heavy atom. The van der Waals surface area contributed by atoms with E-state index >= 15 is 0 Å². The third kappa shape index (κ3) is 4.53. The first kappa shape index (κ1) is 16.5. The minimum Gasteiger partial charge on any atom is -0.494 e. The Bertz CT molecular complexity index is 420. The molecule has 0 fully saturated rings. The van der Waals surface area contributed by atoms with E-state index in [9.17, 15) is 4.79 Å². The molecule has 4 nitrogen and oxygen atoms in total. The van der Waals surface area contributed by atoms with E-state index in [1.165, 1.54) is 0 Å². The highest BCUT2D eigenvalue weighted by Gasteiger charge is 2.26. The summed E-state index contributed by atoms with van der Waals surface area (Å²) < 4.78 is 10.8. The summed E-state index contributed by atoms with van der Waals surface area (Å²) in [6.45, 7) is 8.80. The third-order valence-electron chi connectivity index (χ3n) is 3.12. The van der Waals surface area contributed by atoms with Crippen LogP contribution in [0.2, 0.25) is 0 Å². The number of rotatable bonds is 8. The van der Waals surface area contributed by atoms with Crippen molar-refractivity contribution in [3.8, 4) is 5.75 Å². The number of para-hydroxylation sites is 1. The molecule has 1 rings (SSSR count). The Hall–Kier alpha value is -1.55. The molecule has 0 heterocycles. The minimum absolute atomic E-state index is 0.221. The fourth-order valence-corrected chi connectivity index (χ4v) is 1.92. The van der Waals surface area contributed by atoms with Crippen LogP contribution in [0.15, 0.2) is 24.3 Å². The van der Waals surface area contributed by atoms with Gasteiger partial charge in [-0.25, -0.2) is 4.79 Å². The second-order valence-corrected chi connectivity index (χ2v) is 4.63. The van der Waals surface area contributed by atoms with Gasteiger partial charge in [-0.3, -0.25) is 5.32 Å². The van der Waals surface area contributed by atoms with E-state index in [0.717, 1.165) is 17.7 Å². The van der Waals surface area contributed by atoms with Gasteiger partial charge < -0.3 is 9.47 Å². The molecule has 0 bridgehead atoms. The third-order valence-corrected chi connectivity index (χ3v) is 3.12. The summed E-state index contributed by atoms with van der Waals surface area (Å²) in [6.07, 6.45) is 0.937. The lowest BCUT2D eigenvalue weighted by Gasteiger charge is -2.23. The average Bonchev–Trinajstić information content (AvgIpc) is 2.46. The number of hydrogen-bond acceptors (Lipinski definition) is 4. The zero-order valence-corrected chi connectivity index (χ0v) is 12.8. The van der Waals surface area contributed by atoms with Crippen molar-refractivity contribution in [1.29, 1.82) is 0 Å². The highest BCUT2D eigenvalue weighted by molar-refractivity contribution is 5.78. The second-order valence-electron chi connectivity index (χ2n) is 4.63. The van der Waals surface area contributed by atoms with Gasteiger partial charge in [0.15, 0.2) is 0 Å². The van der Waals surface area contributed by atoms with Crippen molar-refractivity contribution in [2.45, 2.75) is 46.2 Å². The Morgan fingerprint density at radius 2 is 1.90 bits per heavy atom. The molecule has 0 saturated heterocycles. The van der Waals surface area contributed by atoms with E-state index in [1.54, 1.807) is 0 Å². The maximum atomic E-state index is 12.2. The monoisotopic (exact) mass is 279 g/mol. The first-order chi connectivity index (χ1) is 9.63. The van der Waals surface area contributed by atoms with Crippen LogP contribution in [0, 0.1) is 0 Å². The molecule has 0 aliphatic rings. The van der Waals surface area contributed by atoms with E-state index in [1.807, 2.05) is 38.1 Å². The van der Waals surface area contributed by atoms with Crippen LogP contribution in [0.4, 0.5) is 0 Å². The molecule has 2 unspecified atom stereocenters. The van der Waals surface area contributed by atoms with Gasteiger partial charge in [0, 0.05) is 11.6 Å². The first-order valence-corrected chi connectivity index (χ1v) is 7.28. The average molecular weight is 279 g/mol. The number of carbonyl (C=O) groups excluding carboxylic acids is 1. The van der Waals surface area contributed by atoms with Crippen molar-refractivity contribution < 1.29 is 14.3 Å². The van der Waals surface area contributed by atoms with Crippen molar-refractivity contribution >= 4 is 5.97 Å². The van der Waals surface area contributed by atoms with Crippen LogP contribution < -0.4 is 10.1 Å². The largest absolute Gasteiger partial charge is 0.494 e. The summed E-state index contributed by atoms with van der Waals surface area (Å²) in [4.78, 5) is 12.2. The first-order valence-electron chi connectivity index (χ1n) is 7.28. The summed E-state index contributed by atoms with van der Waals surface area (Å²) in [5.74, 6) is 0.462. The normalized spacial score (nSPS) is 13.6. The van der Waals surface area contributed by atoms with Crippen LogP contribution in [0.3, 0.4) is 0 Å². The molecule has 4 heteroatoms. The van der Waals surface area contributed by atoms with Gasteiger partial charge in [-0.2, -0.15) is 0 Å². The highest BCUT2D eigenvalue weighted by atomic mass is 16.5. The Labute approximate surface area is 121 Å². The van der Waals surface area contributed by atoms with Crippen LogP contribution in [0.1, 0.15) is 45.7 Å². The molecule has 1 aromatic carbocycles. The topological polar surface area (TPSA) is 47.6 Å². The van der Waals surface area contributed by atoms with Crippen LogP contribution in [-0.4, -0.2) is 25.2 Å². The van der Waals surface area contributed by atoms with Crippen molar-refractivity contribution in [2.24, 2.45) is 0 Å². The van der Waals surface area contributed by atoms with Crippen LogP contribution >= 0.6 is 0 Å². The number of ether oxygens (including phenoxy) is 2. The predicted octanol–water partition coefficient (Wildman–Crippen LogP) is 3.08. The zero-order valence-electron chi connectivity index (χ0n) is 12.8. The molecule has 0 radical (unpaired) electrons. The molecule has 0 aliphatic carbocycles. The van der Waals surface area contributed by atoms with Gasteiger partial charge in [0.05, 0.1) is 13.2 Å². The lowest BCUT2D eigenvalue weighted by molar-refractivity contribution is -0.146. The molecular formula is C16H25NO3. The lowest BCUT2D eigenvalue weighted by Crippen LogP contribution is -2.36. The SMILES string of the molecule is CCOC(=O)C(NC(C)CC)c1ccccc1OCC. The molecule has 2 atom stereocenters. The Kier molecular flexibility index (Phi) is 7.09. The van der Waals surface area contributed by atoms with Crippen molar-refractivity contribution in [2.75, 3.05) is 13.2 Å². The lowest BCUT2D eigenvalue weighted by atomic mass is 10.0. The molecule has 0 aromatic heterocycles. The van der Waals surface area contributed by atoms with E-state index < -0.39 is 6.04 Å². The van der Waals surface area contributed by atoms with E-state index in [0.29, 0.717) is 13.2 Å². The van der Waals surface area contributed by atoms with E-state index in [4.69, 9.17) is 9.47 Å². The smallest absolute Gasteiger partial charge is 0.327 e. The van der Waals surface area contributed by atoms with Crippen LogP contribution in [-0.2, 0) is 9.53 Å². The fraction of sp³-hybridized carbons (Fsp3) is 0.562. The molecule has 1 N–H and O–H groups in total. The number of nitrogens with one attached hydrogen (secondary N) is 1. The fourth-order valence-electron chi connectivity index (χ4n) is 1.92. The minimum atomic E-state index is -0.493. The van der Waals surface area contributed by atoms with Gasteiger partial charge in [-0.05, 0) is 33.3 Å². The number of benzene rings is 1. The maximum Gasteiger partial charge on any atom is 0.327 e. The molecule has 0 aliphatic heterocycles. The summed E-state index contributed by atoms with van der Waals surface area (Å²) in [5.41, 5.74) is 0.827. The Balaban J connectivity index is 3.05. The van der Waals surface area contributed by atoms with E-state index in [-0.39, 0.29) is 12.0 Å². The molecule has 0 saturated carbocycles. The predicted molar refractivity (Wildman–Crippen MR) is 79.9 cm³/mol. The van der Waals surface area contributed by atoms with Crippen molar-refractivity contribution in [3.05, 3.63) is 29.8 Å². The summed E-state index contributed by atoms with van der Waals surface area (Å²) >= 11 is 0. The highest BCUT2D eigenvalue weighted by Crippen LogP contribution is 2.26. The zero-order chi connectivity index (χ0) is 15.0. The number of carbonyl (C=O) groups is 1.